The first-order valence-corrected chi connectivity index (χ1v) is 14.6. The molecule has 10 heteroatoms. The predicted octanol–water partition coefficient (Wildman–Crippen LogP) is 4.50. The lowest BCUT2D eigenvalue weighted by Crippen LogP contribution is -2.33. The topological polar surface area (TPSA) is 96.0 Å². The summed E-state index contributed by atoms with van der Waals surface area (Å²) in [6.45, 7) is 7.23. The number of hydrogen-bond acceptors (Lipinski definition) is 6. The van der Waals surface area contributed by atoms with Crippen molar-refractivity contribution < 1.29 is 22.7 Å². The highest BCUT2D eigenvalue weighted by atomic mass is 79.9. The average molecular weight is 581 g/mol. The summed E-state index contributed by atoms with van der Waals surface area (Å²) in [4.78, 5) is 27.8. The first-order chi connectivity index (χ1) is 17.2. The van der Waals surface area contributed by atoms with Gasteiger partial charge in [-0.25, -0.2) is 13.2 Å². The van der Waals surface area contributed by atoms with Gasteiger partial charge in [0.25, 0.3) is 5.91 Å². The zero-order valence-electron chi connectivity index (χ0n) is 21.0. The van der Waals surface area contributed by atoms with E-state index in [0.29, 0.717) is 25.2 Å². The van der Waals surface area contributed by atoms with Crippen molar-refractivity contribution in [1.29, 1.82) is 0 Å². The van der Waals surface area contributed by atoms with Crippen LogP contribution in [0.2, 0.25) is 0 Å². The first-order valence-electron chi connectivity index (χ1n) is 12.3. The fraction of sp³-hybridized carbons (Fsp3) is 0.462. The molecule has 3 rings (SSSR count). The second-order valence-corrected chi connectivity index (χ2v) is 11.5. The molecule has 0 aromatic heterocycles. The molecule has 2 aromatic rings. The van der Waals surface area contributed by atoms with Gasteiger partial charge in [0, 0.05) is 30.7 Å². The Kier molecular flexibility index (Phi) is 9.92. The summed E-state index contributed by atoms with van der Waals surface area (Å²) in [5.74, 6) is -1.15. The number of hydrogen-bond donors (Lipinski definition) is 1. The van der Waals surface area contributed by atoms with Crippen molar-refractivity contribution in [3.05, 3.63) is 58.1 Å². The zero-order valence-corrected chi connectivity index (χ0v) is 23.4. The molecule has 1 aliphatic heterocycles. The molecule has 0 saturated carbocycles. The third-order valence-corrected chi connectivity index (χ3v) is 8.90. The van der Waals surface area contributed by atoms with Crippen molar-refractivity contribution >= 4 is 43.5 Å². The van der Waals surface area contributed by atoms with Crippen molar-refractivity contribution in [3.8, 4) is 0 Å². The number of benzene rings is 2. The molecule has 196 valence electrons. The SMILES string of the molecule is CC[C@@H](NC(=O)COC(=O)c1cc(S(=O)(=O)N(CC)CC)ccc1N1CCCC1)c1ccc(Br)cc1. The maximum atomic E-state index is 13.1. The lowest BCUT2D eigenvalue weighted by atomic mass is 10.0. The highest BCUT2D eigenvalue weighted by Gasteiger charge is 2.27. The molecule has 2 aromatic carbocycles. The average Bonchev–Trinajstić information content (AvgIpc) is 3.41. The minimum Gasteiger partial charge on any atom is -0.452 e. The maximum absolute atomic E-state index is 13.1. The van der Waals surface area contributed by atoms with Crippen LogP contribution in [0.3, 0.4) is 0 Å². The summed E-state index contributed by atoms with van der Waals surface area (Å²) in [6.07, 6.45) is 2.65. The van der Waals surface area contributed by atoms with Gasteiger partial charge in [0.15, 0.2) is 6.61 Å². The van der Waals surface area contributed by atoms with Crippen LogP contribution in [0.5, 0.6) is 0 Å². The molecule has 1 aliphatic rings. The molecular weight excluding hydrogens is 546 g/mol. The second-order valence-electron chi connectivity index (χ2n) is 8.62. The summed E-state index contributed by atoms with van der Waals surface area (Å²) in [7, 11) is -3.76. The summed E-state index contributed by atoms with van der Waals surface area (Å²) < 4.78 is 33.8. The summed E-state index contributed by atoms with van der Waals surface area (Å²) >= 11 is 3.41. The van der Waals surface area contributed by atoms with E-state index in [2.05, 4.69) is 21.2 Å². The fourth-order valence-electron chi connectivity index (χ4n) is 4.35. The highest BCUT2D eigenvalue weighted by Crippen LogP contribution is 2.29. The monoisotopic (exact) mass is 579 g/mol. The van der Waals surface area contributed by atoms with Crippen LogP contribution in [-0.4, -0.2) is 57.4 Å². The third kappa shape index (κ3) is 6.66. The molecule has 8 nitrogen and oxygen atoms in total. The van der Waals surface area contributed by atoms with Crippen molar-refractivity contribution in [1.82, 2.24) is 9.62 Å². The molecule has 0 radical (unpaired) electrons. The normalized spacial score (nSPS) is 14.6. The number of carbonyl (C=O) groups excluding carboxylic acids is 2. The largest absolute Gasteiger partial charge is 0.452 e. The smallest absolute Gasteiger partial charge is 0.340 e. The molecule has 1 fully saturated rings. The number of nitrogens with one attached hydrogen (secondary N) is 1. The minimum atomic E-state index is -3.76. The van der Waals surface area contributed by atoms with Crippen LogP contribution in [0.15, 0.2) is 51.8 Å². The van der Waals surface area contributed by atoms with Gasteiger partial charge in [-0.15, -0.1) is 0 Å². The molecule has 1 atom stereocenters. The standard InChI is InChI=1S/C26H34BrN3O5S/c1-4-23(19-9-11-20(27)12-10-19)28-25(31)18-35-26(32)22-17-21(36(33,34)30(5-2)6-3)13-14-24(22)29-15-7-8-16-29/h9-14,17,23H,4-8,15-16,18H2,1-3H3,(H,28,31)/t23-/m1/s1. The number of rotatable bonds is 11. The van der Waals surface area contributed by atoms with Crippen LogP contribution < -0.4 is 10.2 Å². The third-order valence-electron chi connectivity index (χ3n) is 6.33. The second kappa shape index (κ2) is 12.7. The number of nitrogens with zero attached hydrogens (tertiary/aromatic N) is 2. The van der Waals surface area contributed by atoms with Gasteiger partial charge >= 0.3 is 5.97 Å². The number of halogens is 1. The number of amides is 1. The Labute approximate surface area is 222 Å². The van der Waals surface area contributed by atoms with Gasteiger partial charge in [0.2, 0.25) is 10.0 Å². The van der Waals surface area contributed by atoms with Gasteiger partial charge in [-0.1, -0.05) is 48.8 Å². The van der Waals surface area contributed by atoms with E-state index in [1.165, 1.54) is 16.4 Å². The van der Waals surface area contributed by atoms with Crippen molar-refractivity contribution in [3.63, 3.8) is 0 Å². The van der Waals surface area contributed by atoms with Crippen molar-refractivity contribution in [2.75, 3.05) is 37.7 Å². The molecule has 1 N–H and O–H groups in total. The fourth-order valence-corrected chi connectivity index (χ4v) is 6.10. The summed E-state index contributed by atoms with van der Waals surface area (Å²) in [5, 5.41) is 2.90. The van der Waals surface area contributed by atoms with Crippen molar-refractivity contribution in [2.24, 2.45) is 0 Å². The molecule has 0 spiro atoms. The zero-order chi connectivity index (χ0) is 26.3. The van der Waals surface area contributed by atoms with E-state index in [-0.39, 0.29) is 16.5 Å². The number of sulfonamides is 1. The first kappa shape index (κ1) is 28.1. The Morgan fingerprint density at radius 3 is 2.28 bits per heavy atom. The predicted molar refractivity (Wildman–Crippen MR) is 144 cm³/mol. The lowest BCUT2D eigenvalue weighted by Gasteiger charge is -2.23. The molecule has 0 aliphatic carbocycles. The number of carbonyl (C=O) groups is 2. The van der Waals surface area contributed by atoms with E-state index in [0.717, 1.165) is 36.0 Å². The van der Waals surface area contributed by atoms with Crippen LogP contribution in [0.4, 0.5) is 5.69 Å². The van der Waals surface area contributed by atoms with Gasteiger partial charge < -0.3 is 15.0 Å². The quantitative estimate of drug-likeness (QED) is 0.394. The van der Waals surface area contributed by atoms with E-state index < -0.39 is 28.5 Å². The Balaban J connectivity index is 1.78. The van der Waals surface area contributed by atoms with E-state index in [4.69, 9.17) is 4.74 Å². The molecule has 36 heavy (non-hydrogen) atoms. The van der Waals surface area contributed by atoms with Crippen LogP contribution in [-0.2, 0) is 19.6 Å². The summed E-state index contributed by atoms with van der Waals surface area (Å²) in [5.41, 5.74) is 1.72. The number of esters is 1. The van der Waals surface area contributed by atoms with E-state index in [1.54, 1.807) is 19.9 Å². The van der Waals surface area contributed by atoms with Gasteiger partial charge in [-0.2, -0.15) is 4.31 Å². The van der Waals surface area contributed by atoms with Crippen LogP contribution in [0, 0.1) is 0 Å². The van der Waals surface area contributed by atoms with E-state index in [1.807, 2.05) is 36.1 Å². The minimum absolute atomic E-state index is 0.0341. The Morgan fingerprint density at radius 1 is 1.06 bits per heavy atom. The van der Waals surface area contributed by atoms with Gasteiger partial charge in [-0.3, -0.25) is 4.79 Å². The van der Waals surface area contributed by atoms with Gasteiger partial charge in [0.1, 0.15) is 0 Å². The molecule has 0 bridgehead atoms. The molecule has 0 unspecified atom stereocenters. The molecule has 1 saturated heterocycles. The highest BCUT2D eigenvalue weighted by molar-refractivity contribution is 9.10. The maximum Gasteiger partial charge on any atom is 0.340 e. The lowest BCUT2D eigenvalue weighted by molar-refractivity contribution is -0.125. The van der Waals surface area contributed by atoms with E-state index >= 15 is 0 Å². The van der Waals surface area contributed by atoms with E-state index in [9.17, 15) is 18.0 Å². The molecule has 1 heterocycles. The van der Waals surface area contributed by atoms with Gasteiger partial charge in [0.05, 0.1) is 22.2 Å². The van der Waals surface area contributed by atoms with Crippen LogP contribution in [0.1, 0.15) is 62.0 Å². The Bertz CT molecular complexity index is 1160. The van der Waals surface area contributed by atoms with Crippen LogP contribution >= 0.6 is 15.9 Å². The van der Waals surface area contributed by atoms with Crippen LogP contribution in [0.25, 0.3) is 0 Å². The van der Waals surface area contributed by atoms with Gasteiger partial charge in [-0.05, 0) is 55.2 Å². The van der Waals surface area contributed by atoms with Crippen molar-refractivity contribution in [2.45, 2.75) is 51.0 Å². The summed E-state index contributed by atoms with van der Waals surface area (Å²) in [6, 6.07) is 12.0. The molecule has 1 amide bonds. The Morgan fingerprint density at radius 2 is 1.69 bits per heavy atom. The number of anilines is 1. The molecular formula is C26H34BrN3O5S. The Hall–Kier alpha value is -2.43. The number of ether oxygens (including phenoxy) is 1.